The lowest BCUT2D eigenvalue weighted by Gasteiger charge is -2.19. The highest BCUT2D eigenvalue weighted by Gasteiger charge is 2.22. The van der Waals surface area contributed by atoms with E-state index in [1.54, 1.807) is 11.8 Å². The van der Waals surface area contributed by atoms with Gasteiger partial charge in [0.25, 0.3) is 0 Å². The molecule has 2 rings (SSSR count). The average molecular weight is 276 g/mol. The summed E-state index contributed by atoms with van der Waals surface area (Å²) >= 11 is 1.59. The van der Waals surface area contributed by atoms with E-state index in [0.717, 1.165) is 30.6 Å². The molecular weight excluding hydrogens is 256 g/mol. The van der Waals surface area contributed by atoms with Gasteiger partial charge in [0, 0.05) is 4.90 Å². The van der Waals surface area contributed by atoms with Crippen LogP contribution in [0.15, 0.2) is 47.4 Å². The first-order valence-corrected chi connectivity index (χ1v) is 7.71. The van der Waals surface area contributed by atoms with Crippen LogP contribution in [0, 0.1) is 0 Å². The van der Waals surface area contributed by atoms with Crippen LogP contribution in [-0.4, -0.2) is 17.3 Å². The van der Waals surface area contributed by atoms with Crippen LogP contribution in [-0.2, 0) is 9.53 Å². The van der Waals surface area contributed by atoms with Crippen LogP contribution in [0.5, 0.6) is 0 Å². The minimum Gasteiger partial charge on any atom is -0.462 e. The van der Waals surface area contributed by atoms with Crippen LogP contribution >= 0.6 is 11.8 Å². The quantitative estimate of drug-likeness (QED) is 0.598. The molecule has 1 aromatic rings. The summed E-state index contributed by atoms with van der Waals surface area (Å²) in [5.41, 5.74) is 0. The van der Waals surface area contributed by atoms with Crippen LogP contribution in [0.1, 0.15) is 32.6 Å². The Balaban J connectivity index is 2.05. The van der Waals surface area contributed by atoms with Gasteiger partial charge < -0.3 is 4.74 Å². The largest absolute Gasteiger partial charge is 0.462 e. The fourth-order valence-electron chi connectivity index (χ4n) is 2.05. The molecule has 0 radical (unpaired) electrons. The Morgan fingerprint density at radius 2 is 2.00 bits per heavy atom. The summed E-state index contributed by atoms with van der Waals surface area (Å²) in [5, 5.41) is -0.140. The minimum absolute atomic E-state index is 0.0258. The Labute approximate surface area is 119 Å². The molecule has 19 heavy (non-hydrogen) atoms. The predicted molar refractivity (Wildman–Crippen MR) is 79.2 cm³/mol. The first-order chi connectivity index (χ1) is 9.25. The lowest BCUT2D eigenvalue weighted by atomic mass is 10.1. The number of carbonyl (C=O) groups excluding carboxylic acids is 1. The van der Waals surface area contributed by atoms with Crippen LogP contribution < -0.4 is 0 Å². The lowest BCUT2D eigenvalue weighted by molar-refractivity contribution is -0.147. The molecule has 0 saturated carbocycles. The summed E-state index contributed by atoms with van der Waals surface area (Å²) in [4.78, 5) is 13.3. The second-order valence-electron chi connectivity index (χ2n) is 4.81. The molecule has 2 unspecified atom stereocenters. The van der Waals surface area contributed by atoms with Gasteiger partial charge in [-0.3, -0.25) is 4.79 Å². The average Bonchev–Trinajstić information content (AvgIpc) is 2.41. The Bertz CT molecular complexity index is 428. The number of hydrogen-bond acceptors (Lipinski definition) is 3. The van der Waals surface area contributed by atoms with E-state index >= 15 is 0 Å². The number of hydrogen-bond donors (Lipinski definition) is 0. The smallest absolute Gasteiger partial charge is 0.320 e. The molecule has 3 heteroatoms. The molecule has 0 spiro atoms. The van der Waals surface area contributed by atoms with E-state index in [-0.39, 0.29) is 17.3 Å². The maximum atomic E-state index is 12.2. The van der Waals surface area contributed by atoms with Gasteiger partial charge in [0.1, 0.15) is 5.25 Å². The first-order valence-electron chi connectivity index (χ1n) is 6.83. The molecule has 1 aromatic carbocycles. The van der Waals surface area contributed by atoms with Crippen LogP contribution in [0.3, 0.4) is 0 Å². The van der Waals surface area contributed by atoms with E-state index in [1.807, 2.05) is 37.3 Å². The van der Waals surface area contributed by atoms with Gasteiger partial charge in [-0.1, -0.05) is 30.4 Å². The molecule has 1 aliphatic rings. The molecule has 0 bridgehead atoms. The van der Waals surface area contributed by atoms with Gasteiger partial charge in [-0.05, 0) is 44.7 Å². The van der Waals surface area contributed by atoms with Crippen molar-refractivity contribution >= 4 is 17.7 Å². The molecular formula is C16H20O2S. The Morgan fingerprint density at radius 3 is 2.79 bits per heavy atom. The number of esters is 1. The number of ether oxygens (including phenoxy) is 1. The molecule has 0 amide bonds. The SMILES string of the molecule is CC1CCC/C=C/CC(Sc2ccccc2)C(=O)O1. The van der Waals surface area contributed by atoms with Gasteiger partial charge in [0.2, 0.25) is 0 Å². The number of thioether (sulfide) groups is 1. The number of cyclic esters (lactones) is 1. The highest BCUT2D eigenvalue weighted by atomic mass is 32.2. The molecule has 0 fully saturated rings. The summed E-state index contributed by atoms with van der Waals surface area (Å²) in [6, 6.07) is 10.0. The Kier molecular flexibility index (Phi) is 5.52. The summed E-state index contributed by atoms with van der Waals surface area (Å²) in [7, 11) is 0. The minimum atomic E-state index is -0.140. The number of benzene rings is 1. The van der Waals surface area contributed by atoms with Crippen LogP contribution in [0.4, 0.5) is 0 Å². The maximum Gasteiger partial charge on any atom is 0.320 e. The van der Waals surface area contributed by atoms with Crippen molar-refractivity contribution in [2.45, 2.75) is 48.9 Å². The second kappa shape index (κ2) is 7.39. The molecule has 1 aliphatic heterocycles. The lowest BCUT2D eigenvalue weighted by Crippen LogP contribution is -2.24. The van der Waals surface area contributed by atoms with E-state index in [0.29, 0.717) is 0 Å². The fourth-order valence-corrected chi connectivity index (χ4v) is 3.05. The summed E-state index contributed by atoms with van der Waals surface area (Å²) in [6.45, 7) is 1.98. The molecule has 2 nitrogen and oxygen atoms in total. The van der Waals surface area contributed by atoms with Crippen LogP contribution in [0.2, 0.25) is 0 Å². The molecule has 0 aromatic heterocycles. The van der Waals surface area contributed by atoms with Gasteiger partial charge in [-0.2, -0.15) is 0 Å². The third-order valence-corrected chi connectivity index (χ3v) is 4.31. The monoisotopic (exact) mass is 276 g/mol. The fraction of sp³-hybridized carbons (Fsp3) is 0.438. The molecule has 1 heterocycles. The number of carbonyl (C=O) groups is 1. The first kappa shape index (κ1) is 14.2. The van der Waals surface area contributed by atoms with Crippen molar-refractivity contribution in [1.82, 2.24) is 0 Å². The summed E-state index contributed by atoms with van der Waals surface area (Å²) in [5.74, 6) is -0.0899. The predicted octanol–water partition coefficient (Wildman–Crippen LogP) is 4.21. The van der Waals surface area contributed by atoms with Crippen LogP contribution in [0.25, 0.3) is 0 Å². The van der Waals surface area contributed by atoms with Gasteiger partial charge in [0.15, 0.2) is 0 Å². The van der Waals surface area contributed by atoms with E-state index in [4.69, 9.17) is 4.74 Å². The molecule has 102 valence electrons. The maximum absolute atomic E-state index is 12.2. The molecule has 0 N–H and O–H groups in total. The highest BCUT2D eigenvalue weighted by molar-refractivity contribution is 8.00. The van der Waals surface area contributed by atoms with Crippen molar-refractivity contribution in [2.24, 2.45) is 0 Å². The standard InChI is InChI=1S/C16H20O2S/c1-13-9-5-2-3-8-12-15(16(17)18-13)19-14-10-6-4-7-11-14/h3-4,6-8,10-11,13,15H,2,5,9,12H2,1H3/b8-3+. The van der Waals surface area contributed by atoms with Gasteiger partial charge in [0.05, 0.1) is 6.10 Å². The molecule has 0 saturated heterocycles. The van der Waals surface area contributed by atoms with E-state index < -0.39 is 0 Å². The Hall–Kier alpha value is -1.22. The van der Waals surface area contributed by atoms with Crippen molar-refractivity contribution < 1.29 is 9.53 Å². The van der Waals surface area contributed by atoms with Gasteiger partial charge in [-0.15, -0.1) is 11.8 Å². The van der Waals surface area contributed by atoms with Gasteiger partial charge in [-0.25, -0.2) is 0 Å². The third kappa shape index (κ3) is 4.75. The third-order valence-electron chi connectivity index (χ3n) is 3.10. The second-order valence-corrected chi connectivity index (χ2v) is 6.08. The van der Waals surface area contributed by atoms with Crippen molar-refractivity contribution in [3.8, 4) is 0 Å². The zero-order valence-corrected chi connectivity index (χ0v) is 12.1. The van der Waals surface area contributed by atoms with E-state index in [9.17, 15) is 4.79 Å². The summed E-state index contributed by atoms with van der Waals surface area (Å²) < 4.78 is 5.52. The van der Waals surface area contributed by atoms with E-state index in [1.165, 1.54) is 0 Å². The van der Waals surface area contributed by atoms with Crippen molar-refractivity contribution in [3.63, 3.8) is 0 Å². The number of allylic oxidation sites excluding steroid dienone is 2. The molecule has 0 aliphatic carbocycles. The zero-order chi connectivity index (χ0) is 13.5. The Morgan fingerprint density at radius 1 is 1.21 bits per heavy atom. The van der Waals surface area contributed by atoms with Crippen molar-refractivity contribution in [1.29, 1.82) is 0 Å². The topological polar surface area (TPSA) is 26.3 Å². The highest BCUT2D eigenvalue weighted by Crippen LogP contribution is 2.27. The van der Waals surface area contributed by atoms with Crippen molar-refractivity contribution in [3.05, 3.63) is 42.5 Å². The zero-order valence-electron chi connectivity index (χ0n) is 11.2. The summed E-state index contributed by atoms with van der Waals surface area (Å²) in [6.07, 6.45) is 8.16. The molecule has 2 atom stereocenters. The van der Waals surface area contributed by atoms with E-state index in [2.05, 4.69) is 12.2 Å². The normalized spacial score (nSPS) is 26.5. The van der Waals surface area contributed by atoms with Crippen molar-refractivity contribution in [2.75, 3.05) is 0 Å². The number of rotatable bonds is 2. The van der Waals surface area contributed by atoms with Gasteiger partial charge >= 0.3 is 5.97 Å².